The first kappa shape index (κ1) is 22.5. The molecule has 9 heteroatoms. The highest BCUT2D eigenvalue weighted by Gasteiger charge is 2.15. The first-order chi connectivity index (χ1) is 16.0. The second-order valence-electron chi connectivity index (χ2n) is 6.88. The van der Waals surface area contributed by atoms with E-state index in [4.69, 9.17) is 31.4 Å². The molecule has 7 nitrogen and oxygen atoms in total. The van der Waals surface area contributed by atoms with E-state index in [1.165, 1.54) is 14.2 Å². The fourth-order valence-corrected chi connectivity index (χ4v) is 4.41. The van der Waals surface area contributed by atoms with Crippen LogP contribution in [0.4, 0.5) is 5.69 Å². The maximum absolute atomic E-state index is 12.7. The molecule has 3 aromatic carbocycles. The molecule has 1 heterocycles. The molecule has 4 aromatic rings. The molecular weight excluding hydrogens is 458 g/mol. The van der Waals surface area contributed by atoms with Crippen molar-refractivity contribution in [2.24, 2.45) is 0 Å². The van der Waals surface area contributed by atoms with Gasteiger partial charge in [0, 0.05) is 11.1 Å². The zero-order valence-corrected chi connectivity index (χ0v) is 19.8. The summed E-state index contributed by atoms with van der Waals surface area (Å²) in [7, 11) is 4.62. The number of fused-ring (bicyclic) bond motifs is 1. The number of anilines is 1. The molecule has 0 aliphatic carbocycles. The zero-order chi connectivity index (χ0) is 23.4. The van der Waals surface area contributed by atoms with Crippen LogP contribution in [0.5, 0.6) is 17.2 Å². The normalized spacial score (nSPS) is 10.5. The van der Waals surface area contributed by atoms with Crippen molar-refractivity contribution in [3.8, 4) is 27.8 Å². The quantitative estimate of drug-likeness (QED) is 0.372. The first-order valence-corrected chi connectivity index (χ1v) is 11.1. The fourth-order valence-electron chi connectivity index (χ4n) is 3.24. The number of ether oxygens (including phenoxy) is 3. The molecule has 0 atom stereocenters. The van der Waals surface area contributed by atoms with E-state index < -0.39 is 0 Å². The van der Waals surface area contributed by atoms with Crippen molar-refractivity contribution < 1.29 is 19.0 Å². The molecule has 0 saturated heterocycles. The number of benzene rings is 3. The Hall–Kier alpha value is -3.69. The third-order valence-corrected chi connectivity index (χ3v) is 6.15. The summed E-state index contributed by atoms with van der Waals surface area (Å²) in [5, 5.41) is 6.75. The molecule has 4 rings (SSSR count). The number of amides is 1. The molecule has 168 valence electrons. The van der Waals surface area contributed by atoms with E-state index in [1.54, 1.807) is 36.6 Å². The summed E-state index contributed by atoms with van der Waals surface area (Å²) in [6.07, 6.45) is 0. The van der Waals surface area contributed by atoms with Gasteiger partial charge in [-0.05, 0) is 60.7 Å². The minimum atomic E-state index is -0.380. The van der Waals surface area contributed by atoms with Crippen LogP contribution in [-0.2, 0) is 0 Å². The lowest BCUT2D eigenvalue weighted by atomic mass is 10.2. The average molecular weight is 480 g/mol. The summed E-state index contributed by atoms with van der Waals surface area (Å²) in [5.41, 5.74) is 2.85. The zero-order valence-electron chi connectivity index (χ0n) is 18.2. The van der Waals surface area contributed by atoms with Crippen molar-refractivity contribution in [1.29, 1.82) is 0 Å². The maximum Gasteiger partial charge on any atom is 0.257 e. The van der Waals surface area contributed by atoms with E-state index in [0.717, 1.165) is 20.8 Å². The van der Waals surface area contributed by atoms with Gasteiger partial charge in [0.1, 0.15) is 10.8 Å². The Morgan fingerprint density at radius 3 is 2.36 bits per heavy atom. The molecule has 1 aromatic heterocycles. The predicted octanol–water partition coefficient (Wildman–Crippen LogP) is 5.12. The topological polar surface area (TPSA) is 81.7 Å². The van der Waals surface area contributed by atoms with Crippen LogP contribution in [0.25, 0.3) is 20.8 Å². The van der Waals surface area contributed by atoms with Gasteiger partial charge in [0.25, 0.3) is 5.91 Å². The summed E-state index contributed by atoms with van der Waals surface area (Å²) >= 11 is 6.98. The number of nitrogens with zero attached hydrogens (tertiary/aromatic N) is 1. The number of hydrogen-bond donors (Lipinski definition) is 2. The molecule has 0 spiro atoms. The van der Waals surface area contributed by atoms with Gasteiger partial charge in [-0.25, -0.2) is 4.98 Å². The molecule has 0 aliphatic heterocycles. The smallest absolute Gasteiger partial charge is 0.257 e. The third kappa shape index (κ3) is 4.89. The molecule has 0 fully saturated rings. The molecular formula is C24H21N3O4S2. The van der Waals surface area contributed by atoms with E-state index >= 15 is 0 Å². The first-order valence-electron chi connectivity index (χ1n) is 9.90. The predicted molar refractivity (Wildman–Crippen MR) is 135 cm³/mol. The van der Waals surface area contributed by atoms with E-state index in [1.807, 2.05) is 42.5 Å². The number of carbonyl (C=O) groups excluding carboxylic acids is 1. The fraction of sp³-hybridized carbons (Fsp3) is 0.125. The van der Waals surface area contributed by atoms with E-state index in [2.05, 4.69) is 10.6 Å². The Labute approximate surface area is 200 Å². The van der Waals surface area contributed by atoms with Crippen molar-refractivity contribution in [3.05, 3.63) is 66.2 Å². The number of carbonyl (C=O) groups is 1. The second-order valence-corrected chi connectivity index (χ2v) is 8.32. The average Bonchev–Trinajstić information content (AvgIpc) is 3.27. The molecule has 0 bridgehead atoms. The van der Waals surface area contributed by atoms with Crippen molar-refractivity contribution >= 4 is 50.5 Å². The molecule has 0 saturated carbocycles. The minimum Gasteiger partial charge on any atom is -0.495 e. The molecule has 0 unspecified atom stereocenters. The molecule has 2 N–H and O–H groups in total. The lowest BCUT2D eigenvalue weighted by Gasteiger charge is -2.14. The summed E-state index contributed by atoms with van der Waals surface area (Å²) < 4.78 is 17.0. The molecule has 1 amide bonds. The number of methoxy groups -OCH3 is 3. The number of para-hydroxylation sites is 1. The molecule has 0 radical (unpaired) electrons. The Morgan fingerprint density at radius 1 is 0.909 bits per heavy atom. The summed E-state index contributed by atoms with van der Waals surface area (Å²) in [6.45, 7) is 0. The van der Waals surface area contributed by atoms with Crippen LogP contribution >= 0.6 is 23.6 Å². The number of rotatable bonds is 6. The van der Waals surface area contributed by atoms with Gasteiger partial charge in [-0.15, -0.1) is 11.3 Å². The lowest BCUT2D eigenvalue weighted by Crippen LogP contribution is -2.34. The largest absolute Gasteiger partial charge is 0.495 e. The van der Waals surface area contributed by atoms with Gasteiger partial charge in [-0.1, -0.05) is 12.1 Å². The van der Waals surface area contributed by atoms with Crippen LogP contribution < -0.4 is 24.8 Å². The minimum absolute atomic E-state index is 0.134. The Balaban J connectivity index is 1.53. The van der Waals surface area contributed by atoms with Crippen molar-refractivity contribution in [2.75, 3.05) is 26.6 Å². The van der Waals surface area contributed by atoms with Crippen molar-refractivity contribution in [3.63, 3.8) is 0 Å². The number of thiocarbonyl (C=S) groups is 1. The van der Waals surface area contributed by atoms with E-state index in [-0.39, 0.29) is 11.0 Å². The Morgan fingerprint density at radius 2 is 1.64 bits per heavy atom. The van der Waals surface area contributed by atoms with Gasteiger partial charge in [0.05, 0.1) is 37.2 Å². The highest BCUT2D eigenvalue weighted by atomic mass is 32.1. The number of hydrogen-bond acceptors (Lipinski definition) is 7. The van der Waals surface area contributed by atoms with Gasteiger partial charge in [0.2, 0.25) is 0 Å². The summed E-state index contributed by atoms with van der Waals surface area (Å²) in [5.74, 6) is 1.19. The number of nitrogens with one attached hydrogen (secondary N) is 2. The van der Waals surface area contributed by atoms with Crippen LogP contribution in [0.2, 0.25) is 0 Å². The monoisotopic (exact) mass is 479 g/mol. The van der Waals surface area contributed by atoms with Crippen LogP contribution in [0.1, 0.15) is 10.4 Å². The number of thiazole rings is 1. The van der Waals surface area contributed by atoms with Crippen LogP contribution in [0.15, 0.2) is 60.7 Å². The highest BCUT2D eigenvalue weighted by molar-refractivity contribution is 7.80. The van der Waals surface area contributed by atoms with Gasteiger partial charge in [0.15, 0.2) is 16.6 Å². The summed E-state index contributed by atoms with van der Waals surface area (Å²) in [6, 6.07) is 18.5. The van der Waals surface area contributed by atoms with E-state index in [9.17, 15) is 4.79 Å². The van der Waals surface area contributed by atoms with Crippen molar-refractivity contribution in [2.45, 2.75) is 0 Å². The van der Waals surface area contributed by atoms with Crippen LogP contribution in [-0.4, -0.2) is 37.3 Å². The third-order valence-electron chi connectivity index (χ3n) is 4.86. The number of aromatic nitrogens is 1. The van der Waals surface area contributed by atoms with Crippen LogP contribution in [0, 0.1) is 0 Å². The maximum atomic E-state index is 12.7. The molecule has 0 aliphatic rings. The second kappa shape index (κ2) is 9.85. The van der Waals surface area contributed by atoms with Gasteiger partial charge in [-0.3, -0.25) is 10.1 Å². The van der Waals surface area contributed by atoms with Crippen molar-refractivity contribution in [1.82, 2.24) is 10.3 Å². The Bertz CT molecular complexity index is 1300. The van der Waals surface area contributed by atoms with E-state index in [0.29, 0.717) is 28.5 Å². The molecule has 33 heavy (non-hydrogen) atoms. The van der Waals surface area contributed by atoms with Gasteiger partial charge < -0.3 is 19.5 Å². The SMILES string of the molecule is COc1ccc(-c2nc3ccccc3s2)cc1NC(=S)NC(=O)c1ccc(OC)c(OC)c1. The summed E-state index contributed by atoms with van der Waals surface area (Å²) in [4.78, 5) is 17.4. The van der Waals surface area contributed by atoms with Gasteiger partial charge in [-0.2, -0.15) is 0 Å². The van der Waals surface area contributed by atoms with Crippen LogP contribution in [0.3, 0.4) is 0 Å². The standard InChI is InChI=1S/C24H21N3O4S2/c1-29-18-10-9-15(23-25-16-6-4-5-7-21(16)33-23)12-17(18)26-24(32)27-22(28)14-8-11-19(30-2)20(13-14)31-3/h4-13H,1-3H3,(H2,26,27,28,32). The van der Waals surface area contributed by atoms with Gasteiger partial charge >= 0.3 is 0 Å². The highest BCUT2D eigenvalue weighted by Crippen LogP contribution is 2.35. The lowest BCUT2D eigenvalue weighted by molar-refractivity contribution is 0.0977. The Kier molecular flexibility index (Phi) is 6.71.